The Bertz CT molecular complexity index is 959. The van der Waals surface area contributed by atoms with Crippen molar-refractivity contribution in [3.05, 3.63) is 53.1 Å². The molecule has 0 unspecified atom stereocenters. The number of benzene rings is 2. The van der Waals surface area contributed by atoms with Crippen LogP contribution in [0.4, 0.5) is 5.69 Å². The van der Waals surface area contributed by atoms with Gasteiger partial charge in [-0.15, -0.1) is 11.8 Å². The first-order valence-corrected chi connectivity index (χ1v) is 11.5. The van der Waals surface area contributed by atoms with Gasteiger partial charge in [0.05, 0.1) is 10.7 Å². The first kappa shape index (κ1) is 20.2. The molecule has 1 heterocycles. The standard InChI is InChI=1S/C19H21ClN2O3S2/c1-3-21(4-2)27(24,25)18-13-14(9-10-15(18)20)19(23)22-11-12-26-17-8-6-5-7-16(17)22/h5-10,13H,3-4,11-12H2,1-2H3. The summed E-state index contributed by atoms with van der Waals surface area (Å²) in [7, 11) is -3.75. The van der Waals surface area contributed by atoms with Crippen LogP contribution in [0.15, 0.2) is 52.3 Å². The number of carbonyl (C=O) groups excluding carboxylic acids is 1. The molecule has 8 heteroatoms. The van der Waals surface area contributed by atoms with Gasteiger partial charge in [-0.2, -0.15) is 4.31 Å². The summed E-state index contributed by atoms with van der Waals surface area (Å²) in [5, 5.41) is 0.119. The fraction of sp³-hybridized carbons (Fsp3) is 0.316. The normalized spacial score (nSPS) is 14.3. The molecule has 0 spiro atoms. The monoisotopic (exact) mass is 424 g/mol. The van der Waals surface area contributed by atoms with Gasteiger partial charge in [-0.05, 0) is 30.3 Å². The second-order valence-corrected chi connectivity index (χ2v) is 9.46. The number of fused-ring (bicyclic) bond motifs is 1. The molecular formula is C19H21ClN2O3S2. The van der Waals surface area contributed by atoms with E-state index in [0.29, 0.717) is 25.2 Å². The molecule has 0 atom stereocenters. The third-order valence-electron chi connectivity index (χ3n) is 4.48. The van der Waals surface area contributed by atoms with Crippen molar-refractivity contribution in [2.75, 3.05) is 30.3 Å². The van der Waals surface area contributed by atoms with Crippen molar-refractivity contribution in [3.8, 4) is 0 Å². The number of sulfonamides is 1. The molecule has 0 saturated carbocycles. The zero-order chi connectivity index (χ0) is 19.6. The number of hydrogen-bond donors (Lipinski definition) is 0. The van der Waals surface area contributed by atoms with E-state index in [1.54, 1.807) is 36.6 Å². The molecule has 0 N–H and O–H groups in total. The fourth-order valence-electron chi connectivity index (χ4n) is 3.07. The molecule has 5 nitrogen and oxygen atoms in total. The highest BCUT2D eigenvalue weighted by molar-refractivity contribution is 7.99. The predicted octanol–water partition coefficient (Wildman–Crippen LogP) is 4.12. The first-order chi connectivity index (χ1) is 12.9. The van der Waals surface area contributed by atoms with Crippen LogP contribution >= 0.6 is 23.4 Å². The highest BCUT2D eigenvalue weighted by atomic mass is 35.5. The number of halogens is 1. The smallest absolute Gasteiger partial charge is 0.258 e. The molecule has 3 rings (SSSR count). The van der Waals surface area contributed by atoms with Crippen LogP contribution in [0.5, 0.6) is 0 Å². The molecular weight excluding hydrogens is 404 g/mol. The molecule has 0 aromatic heterocycles. The van der Waals surface area contributed by atoms with Gasteiger partial charge in [-0.25, -0.2) is 8.42 Å². The van der Waals surface area contributed by atoms with Gasteiger partial charge in [0.15, 0.2) is 0 Å². The Kier molecular flexibility index (Phi) is 6.15. The van der Waals surface area contributed by atoms with E-state index in [0.717, 1.165) is 16.3 Å². The maximum Gasteiger partial charge on any atom is 0.258 e. The van der Waals surface area contributed by atoms with Crippen LogP contribution in [0.3, 0.4) is 0 Å². The van der Waals surface area contributed by atoms with Crippen molar-refractivity contribution in [3.63, 3.8) is 0 Å². The molecule has 0 bridgehead atoms. The van der Waals surface area contributed by atoms with E-state index in [1.165, 1.54) is 16.4 Å². The number of carbonyl (C=O) groups is 1. The number of thioether (sulfide) groups is 1. The molecule has 144 valence electrons. The Morgan fingerprint density at radius 2 is 1.89 bits per heavy atom. The molecule has 0 aliphatic carbocycles. The Morgan fingerprint density at radius 3 is 2.59 bits per heavy atom. The quantitative estimate of drug-likeness (QED) is 0.724. The highest BCUT2D eigenvalue weighted by Gasteiger charge is 2.28. The third-order valence-corrected chi connectivity index (χ3v) is 8.05. The zero-order valence-electron chi connectivity index (χ0n) is 15.2. The summed E-state index contributed by atoms with van der Waals surface area (Å²) < 4.78 is 27.1. The molecule has 0 radical (unpaired) electrons. The predicted molar refractivity (Wildman–Crippen MR) is 110 cm³/mol. The first-order valence-electron chi connectivity index (χ1n) is 8.73. The molecule has 2 aromatic rings. The van der Waals surface area contributed by atoms with Crippen LogP contribution < -0.4 is 4.90 Å². The summed E-state index contributed by atoms with van der Waals surface area (Å²) in [5.74, 6) is 0.566. The number of rotatable bonds is 5. The van der Waals surface area contributed by atoms with Crippen LogP contribution in [0.25, 0.3) is 0 Å². The summed E-state index contributed by atoms with van der Waals surface area (Å²) >= 11 is 7.88. The van der Waals surface area contributed by atoms with Crippen LogP contribution in [0.1, 0.15) is 24.2 Å². The summed E-state index contributed by atoms with van der Waals surface area (Å²) in [4.78, 5) is 15.8. The summed E-state index contributed by atoms with van der Waals surface area (Å²) in [6, 6.07) is 12.2. The van der Waals surface area contributed by atoms with E-state index < -0.39 is 10.0 Å². The third kappa shape index (κ3) is 3.87. The van der Waals surface area contributed by atoms with Crippen LogP contribution in [0, 0.1) is 0 Å². The van der Waals surface area contributed by atoms with Gasteiger partial charge in [0.1, 0.15) is 4.90 Å². The van der Waals surface area contributed by atoms with Crippen molar-refractivity contribution in [2.24, 2.45) is 0 Å². The van der Waals surface area contributed by atoms with Crippen molar-refractivity contribution in [1.29, 1.82) is 0 Å². The lowest BCUT2D eigenvalue weighted by Crippen LogP contribution is -2.35. The van der Waals surface area contributed by atoms with Gasteiger partial charge in [-0.1, -0.05) is 37.6 Å². The van der Waals surface area contributed by atoms with E-state index in [4.69, 9.17) is 11.6 Å². The summed E-state index contributed by atoms with van der Waals surface area (Å²) in [6.07, 6.45) is 0. The largest absolute Gasteiger partial charge is 0.306 e. The van der Waals surface area contributed by atoms with Gasteiger partial charge >= 0.3 is 0 Å². The fourth-order valence-corrected chi connectivity index (χ4v) is 6.03. The second-order valence-electron chi connectivity index (χ2n) is 6.01. The van der Waals surface area contributed by atoms with E-state index in [1.807, 2.05) is 24.3 Å². The van der Waals surface area contributed by atoms with Crippen LogP contribution in [-0.2, 0) is 10.0 Å². The lowest BCUT2D eigenvalue weighted by Gasteiger charge is -2.29. The van der Waals surface area contributed by atoms with Crippen molar-refractivity contribution in [1.82, 2.24) is 4.31 Å². The summed E-state index contributed by atoms with van der Waals surface area (Å²) in [5.41, 5.74) is 1.16. The van der Waals surface area contributed by atoms with Gasteiger partial charge in [-0.3, -0.25) is 4.79 Å². The van der Waals surface area contributed by atoms with Crippen molar-refractivity contribution < 1.29 is 13.2 Å². The Labute approximate surface area is 169 Å². The number of para-hydroxylation sites is 1. The average Bonchev–Trinajstić information content (AvgIpc) is 2.68. The molecule has 1 aliphatic rings. The molecule has 1 amide bonds. The van der Waals surface area contributed by atoms with Crippen LogP contribution in [-0.4, -0.2) is 44.0 Å². The maximum absolute atomic E-state index is 13.1. The van der Waals surface area contributed by atoms with E-state index in [-0.39, 0.29) is 15.8 Å². The van der Waals surface area contributed by atoms with Gasteiger partial charge in [0, 0.05) is 35.8 Å². The Morgan fingerprint density at radius 1 is 1.19 bits per heavy atom. The zero-order valence-corrected chi connectivity index (χ0v) is 17.6. The molecule has 27 heavy (non-hydrogen) atoms. The lowest BCUT2D eigenvalue weighted by molar-refractivity contribution is 0.0987. The minimum atomic E-state index is -3.75. The number of nitrogens with zero attached hydrogens (tertiary/aromatic N) is 2. The molecule has 0 fully saturated rings. The maximum atomic E-state index is 13.1. The number of amides is 1. The number of anilines is 1. The highest BCUT2D eigenvalue weighted by Crippen LogP contribution is 2.35. The van der Waals surface area contributed by atoms with E-state index >= 15 is 0 Å². The molecule has 2 aromatic carbocycles. The SMILES string of the molecule is CCN(CC)S(=O)(=O)c1cc(C(=O)N2CCSc3ccccc32)ccc1Cl. The molecule has 1 aliphatic heterocycles. The average molecular weight is 425 g/mol. The van der Waals surface area contributed by atoms with Gasteiger partial charge < -0.3 is 4.90 Å². The van der Waals surface area contributed by atoms with E-state index in [9.17, 15) is 13.2 Å². The number of hydrogen-bond acceptors (Lipinski definition) is 4. The summed E-state index contributed by atoms with van der Waals surface area (Å²) in [6.45, 7) is 4.79. The Hall–Kier alpha value is -1.54. The molecule has 0 saturated heterocycles. The topological polar surface area (TPSA) is 57.7 Å². The minimum absolute atomic E-state index is 0.0293. The van der Waals surface area contributed by atoms with Gasteiger partial charge in [0.25, 0.3) is 5.91 Å². The van der Waals surface area contributed by atoms with E-state index in [2.05, 4.69) is 0 Å². The van der Waals surface area contributed by atoms with Gasteiger partial charge in [0.2, 0.25) is 10.0 Å². The minimum Gasteiger partial charge on any atom is -0.306 e. The lowest BCUT2D eigenvalue weighted by atomic mass is 10.1. The van der Waals surface area contributed by atoms with Crippen LogP contribution in [0.2, 0.25) is 5.02 Å². The van der Waals surface area contributed by atoms with Crippen molar-refractivity contribution >= 4 is 45.0 Å². The van der Waals surface area contributed by atoms with Crippen molar-refractivity contribution in [2.45, 2.75) is 23.6 Å². The second kappa shape index (κ2) is 8.22. The Balaban J connectivity index is 2.01.